The Labute approximate surface area is 308 Å². The number of rotatable bonds is 5. The molecule has 8 rings (SSSR count). The molecule has 3 aliphatic carbocycles. The van der Waals surface area contributed by atoms with Crippen molar-refractivity contribution in [3.05, 3.63) is 140 Å². The standard InChI is InChI=1S/C42H33BrClNO6/c1-22-13-14-26(19-33(22)44)45-40(49)28-16-15-27-30(36(28)41(45)50)20-32-38(47)29(23-9-5-3-6-10-23)21-35(46)42(32,24-11-7-4-8-12-24)37(27)31-17-25(43)18-34(51-2)39(31)48/h3-15,17-19,21,28,30,32,36-37,48H,16,20H2,1-2H3. The maximum absolute atomic E-state index is 15.2. The Morgan fingerprint density at radius 2 is 1.61 bits per heavy atom. The number of phenols is 1. The second-order valence-corrected chi connectivity index (χ2v) is 15.1. The lowest BCUT2D eigenvalue weighted by molar-refractivity contribution is -0.135. The summed E-state index contributed by atoms with van der Waals surface area (Å²) in [5.41, 5.74) is 2.43. The molecule has 0 radical (unpaired) electrons. The zero-order valence-electron chi connectivity index (χ0n) is 27.8. The van der Waals surface area contributed by atoms with Crippen molar-refractivity contribution in [2.75, 3.05) is 12.0 Å². The van der Waals surface area contributed by atoms with Crippen LogP contribution in [0, 0.1) is 30.6 Å². The first-order valence-corrected chi connectivity index (χ1v) is 18.1. The molecule has 1 saturated carbocycles. The van der Waals surface area contributed by atoms with Crippen LogP contribution in [-0.2, 0) is 24.6 Å². The average Bonchev–Trinajstić information content (AvgIpc) is 3.40. The Morgan fingerprint density at radius 3 is 2.29 bits per heavy atom. The van der Waals surface area contributed by atoms with Gasteiger partial charge in [0.15, 0.2) is 23.1 Å². The van der Waals surface area contributed by atoms with E-state index in [0.29, 0.717) is 37.4 Å². The predicted octanol–water partition coefficient (Wildman–Crippen LogP) is 8.15. The number of anilines is 1. The smallest absolute Gasteiger partial charge is 0.238 e. The molecule has 1 heterocycles. The third-order valence-electron chi connectivity index (χ3n) is 11.4. The van der Waals surface area contributed by atoms with E-state index < -0.39 is 35.0 Å². The van der Waals surface area contributed by atoms with Crippen molar-refractivity contribution >= 4 is 62.2 Å². The second kappa shape index (κ2) is 12.5. The molecule has 2 fully saturated rings. The molecule has 9 heteroatoms. The summed E-state index contributed by atoms with van der Waals surface area (Å²) < 4.78 is 6.20. The van der Waals surface area contributed by atoms with Gasteiger partial charge in [-0.05, 0) is 72.7 Å². The van der Waals surface area contributed by atoms with Crippen molar-refractivity contribution < 1.29 is 29.0 Å². The SMILES string of the molecule is COc1cc(Br)cc(C2C3=CCC4C(=O)N(c5ccc(C)c(Cl)c5)C(=O)C4C3CC3C(=O)C(c4ccccc4)=CC(=O)C32c2ccccc2)c1O. The molecule has 256 valence electrons. The maximum atomic E-state index is 15.2. The largest absolute Gasteiger partial charge is 0.504 e. The van der Waals surface area contributed by atoms with Crippen molar-refractivity contribution in [3.8, 4) is 11.5 Å². The number of halogens is 2. The Morgan fingerprint density at radius 1 is 0.902 bits per heavy atom. The number of phenolic OH excluding ortho intramolecular Hbond substituents is 1. The fraction of sp³-hybridized carbons (Fsp3) is 0.238. The molecule has 7 nitrogen and oxygen atoms in total. The monoisotopic (exact) mass is 761 g/mol. The van der Waals surface area contributed by atoms with Gasteiger partial charge in [0.2, 0.25) is 11.8 Å². The molecule has 4 aromatic rings. The van der Waals surface area contributed by atoms with E-state index in [1.807, 2.05) is 73.7 Å². The number of ether oxygens (including phenoxy) is 1. The number of aryl methyl sites for hydroxylation is 1. The van der Waals surface area contributed by atoms with Gasteiger partial charge in [0, 0.05) is 32.5 Å². The van der Waals surface area contributed by atoms with E-state index >= 15 is 9.59 Å². The molecule has 4 aromatic carbocycles. The number of aromatic hydroxyl groups is 1. The third-order valence-corrected chi connectivity index (χ3v) is 12.3. The van der Waals surface area contributed by atoms with E-state index in [4.69, 9.17) is 16.3 Å². The number of Topliss-reactive ketones (excluding diaryl/α,β-unsaturated/α-hetero) is 1. The maximum Gasteiger partial charge on any atom is 0.238 e. The van der Waals surface area contributed by atoms with Crippen molar-refractivity contribution in [3.63, 3.8) is 0 Å². The van der Waals surface area contributed by atoms with Crippen LogP contribution in [0.2, 0.25) is 5.02 Å². The number of fused-ring (bicyclic) bond motifs is 4. The first kappa shape index (κ1) is 33.4. The summed E-state index contributed by atoms with van der Waals surface area (Å²) in [6.45, 7) is 1.85. The summed E-state index contributed by atoms with van der Waals surface area (Å²) in [5.74, 6) is -5.01. The predicted molar refractivity (Wildman–Crippen MR) is 198 cm³/mol. The van der Waals surface area contributed by atoms with Crippen molar-refractivity contribution in [1.29, 1.82) is 0 Å². The van der Waals surface area contributed by atoms with Crippen LogP contribution in [0.3, 0.4) is 0 Å². The number of carbonyl (C=O) groups is 4. The number of hydrogen-bond acceptors (Lipinski definition) is 6. The Hall–Kier alpha value is -4.79. The highest BCUT2D eigenvalue weighted by molar-refractivity contribution is 9.10. The van der Waals surface area contributed by atoms with E-state index in [1.54, 1.807) is 30.3 Å². The molecule has 51 heavy (non-hydrogen) atoms. The summed E-state index contributed by atoms with van der Waals surface area (Å²) in [6.07, 6.45) is 3.83. The van der Waals surface area contributed by atoms with Gasteiger partial charge >= 0.3 is 0 Å². The molecule has 6 atom stereocenters. The van der Waals surface area contributed by atoms with E-state index in [0.717, 1.165) is 11.1 Å². The van der Waals surface area contributed by atoms with Gasteiger partial charge < -0.3 is 9.84 Å². The Bertz CT molecular complexity index is 2220. The minimum absolute atomic E-state index is 0.153. The number of imide groups is 1. The van der Waals surface area contributed by atoms with Crippen LogP contribution < -0.4 is 9.64 Å². The summed E-state index contributed by atoms with van der Waals surface area (Å²) in [6, 6.07) is 26.9. The molecule has 0 aromatic heterocycles. The van der Waals surface area contributed by atoms with Gasteiger partial charge in [-0.1, -0.05) is 106 Å². The molecular weight excluding hydrogens is 730 g/mol. The third kappa shape index (κ3) is 4.90. The molecule has 4 aliphatic rings. The van der Waals surface area contributed by atoms with E-state index in [2.05, 4.69) is 15.9 Å². The minimum atomic E-state index is -1.48. The van der Waals surface area contributed by atoms with E-state index in [-0.39, 0.29) is 47.7 Å². The van der Waals surface area contributed by atoms with Crippen molar-refractivity contribution in [1.82, 2.24) is 0 Å². The lowest BCUT2D eigenvalue weighted by Gasteiger charge is -2.55. The van der Waals surface area contributed by atoms with Gasteiger partial charge in [-0.25, -0.2) is 4.90 Å². The van der Waals surface area contributed by atoms with Crippen molar-refractivity contribution in [2.24, 2.45) is 23.7 Å². The summed E-state index contributed by atoms with van der Waals surface area (Å²) in [4.78, 5) is 60.2. The van der Waals surface area contributed by atoms with Crippen LogP contribution >= 0.6 is 27.5 Å². The lowest BCUT2D eigenvalue weighted by atomic mass is 9.44. The summed E-state index contributed by atoms with van der Waals surface area (Å²) >= 11 is 10.1. The van der Waals surface area contributed by atoms with Crippen molar-refractivity contribution in [2.45, 2.75) is 31.1 Å². The number of nitrogens with zero attached hydrogens (tertiary/aromatic N) is 1. The van der Waals surface area contributed by atoms with Gasteiger partial charge in [0.25, 0.3) is 0 Å². The number of methoxy groups -OCH3 is 1. The Kier molecular flexibility index (Phi) is 8.15. The van der Waals surface area contributed by atoms with Crippen LogP contribution in [0.25, 0.3) is 5.57 Å². The molecule has 1 aliphatic heterocycles. The number of ketones is 2. The lowest BCUT2D eigenvalue weighted by Crippen LogP contribution is -2.58. The fourth-order valence-corrected chi connectivity index (χ4v) is 9.79. The number of allylic oxidation sites excluding steroid dienone is 4. The van der Waals surface area contributed by atoms with E-state index in [1.165, 1.54) is 18.1 Å². The van der Waals surface area contributed by atoms with Gasteiger partial charge in [-0.2, -0.15) is 0 Å². The zero-order valence-corrected chi connectivity index (χ0v) is 30.1. The van der Waals surface area contributed by atoms with Crippen LogP contribution in [0.1, 0.15) is 41.0 Å². The first-order valence-electron chi connectivity index (χ1n) is 16.9. The number of benzene rings is 4. The molecule has 1 N–H and O–H groups in total. The normalized spacial score (nSPS) is 27.0. The molecule has 0 spiro atoms. The quantitative estimate of drug-likeness (QED) is 0.163. The molecule has 0 bridgehead atoms. The molecule has 2 amide bonds. The van der Waals surface area contributed by atoms with Gasteiger partial charge in [0.05, 0.1) is 30.0 Å². The van der Waals surface area contributed by atoms with Crippen LogP contribution in [0.5, 0.6) is 11.5 Å². The number of amides is 2. The highest BCUT2D eigenvalue weighted by Crippen LogP contribution is 2.65. The Balaban J connectivity index is 1.38. The topological polar surface area (TPSA) is 101 Å². The van der Waals surface area contributed by atoms with Crippen LogP contribution in [0.4, 0.5) is 5.69 Å². The highest BCUT2D eigenvalue weighted by atomic mass is 79.9. The van der Waals surface area contributed by atoms with Gasteiger partial charge in [-0.3, -0.25) is 19.2 Å². The van der Waals surface area contributed by atoms with Crippen LogP contribution in [-0.4, -0.2) is 35.6 Å². The second-order valence-electron chi connectivity index (χ2n) is 13.8. The summed E-state index contributed by atoms with van der Waals surface area (Å²) in [5, 5.41) is 12.3. The van der Waals surface area contributed by atoms with Gasteiger partial charge in [0.1, 0.15) is 0 Å². The first-order chi connectivity index (χ1) is 24.6. The molecular formula is C42H33BrClNO6. The number of carbonyl (C=O) groups excluding carboxylic acids is 4. The summed E-state index contributed by atoms with van der Waals surface area (Å²) in [7, 11) is 1.45. The molecule has 1 saturated heterocycles. The van der Waals surface area contributed by atoms with Gasteiger partial charge in [-0.15, -0.1) is 0 Å². The zero-order chi connectivity index (χ0) is 35.8. The van der Waals surface area contributed by atoms with Crippen LogP contribution in [0.15, 0.2) is 113 Å². The fourth-order valence-electron chi connectivity index (χ4n) is 9.16. The highest BCUT2D eigenvalue weighted by Gasteiger charge is 2.66. The average molecular weight is 763 g/mol. The minimum Gasteiger partial charge on any atom is -0.504 e. The number of hydrogen-bond donors (Lipinski definition) is 1. The molecule has 6 unspecified atom stereocenters. The van der Waals surface area contributed by atoms with E-state index in [9.17, 15) is 14.7 Å².